The molecular formula is C25H37N3O2S. The molecular weight excluding hydrogens is 406 g/mol. The zero-order valence-electron chi connectivity index (χ0n) is 18.8. The molecule has 0 aromatic carbocycles. The van der Waals surface area contributed by atoms with Gasteiger partial charge in [-0.3, -0.25) is 9.59 Å². The lowest BCUT2D eigenvalue weighted by atomic mass is 9.87. The first-order valence-corrected chi connectivity index (χ1v) is 13.7. The van der Waals surface area contributed by atoms with Crippen LogP contribution in [0.5, 0.6) is 0 Å². The first-order valence-electron chi connectivity index (χ1n) is 12.8. The zero-order valence-corrected chi connectivity index (χ0v) is 19.6. The fraction of sp³-hybridized carbons (Fsp3) is 0.800. The van der Waals surface area contributed by atoms with Gasteiger partial charge < -0.3 is 9.80 Å². The van der Waals surface area contributed by atoms with Crippen LogP contribution in [0.1, 0.15) is 111 Å². The molecule has 31 heavy (non-hydrogen) atoms. The van der Waals surface area contributed by atoms with Gasteiger partial charge in [-0.15, -0.1) is 11.3 Å². The summed E-state index contributed by atoms with van der Waals surface area (Å²) in [4.78, 5) is 35.3. The van der Waals surface area contributed by atoms with Gasteiger partial charge in [0.2, 0.25) is 5.91 Å². The number of likely N-dealkylation sites (tertiary alicyclic amines) is 1. The van der Waals surface area contributed by atoms with Crippen LogP contribution in [0.15, 0.2) is 5.38 Å². The number of rotatable bonds is 5. The Morgan fingerprint density at radius 2 is 1.45 bits per heavy atom. The van der Waals surface area contributed by atoms with Gasteiger partial charge in [0.1, 0.15) is 5.69 Å². The summed E-state index contributed by atoms with van der Waals surface area (Å²) in [7, 11) is 0. The Balaban J connectivity index is 1.19. The molecule has 1 aliphatic heterocycles. The molecule has 6 heteroatoms. The number of nitrogens with zero attached hydrogens (tertiary/aromatic N) is 3. The van der Waals surface area contributed by atoms with Crippen LogP contribution in [0.4, 0.5) is 0 Å². The van der Waals surface area contributed by atoms with Crippen molar-refractivity contribution < 1.29 is 9.59 Å². The third kappa shape index (κ3) is 4.84. The number of hydrogen-bond donors (Lipinski definition) is 0. The van der Waals surface area contributed by atoms with Crippen molar-refractivity contribution in [2.75, 3.05) is 13.1 Å². The van der Waals surface area contributed by atoms with Crippen molar-refractivity contribution in [2.24, 2.45) is 5.92 Å². The molecule has 1 aromatic heterocycles. The predicted molar refractivity (Wildman–Crippen MR) is 123 cm³/mol. The third-order valence-corrected chi connectivity index (χ3v) is 9.00. The predicted octanol–water partition coefficient (Wildman–Crippen LogP) is 5.37. The number of piperidine rings is 1. The maximum Gasteiger partial charge on any atom is 0.273 e. The molecule has 0 radical (unpaired) electrons. The van der Waals surface area contributed by atoms with Crippen molar-refractivity contribution in [1.82, 2.24) is 14.8 Å². The maximum absolute atomic E-state index is 13.4. The van der Waals surface area contributed by atoms with E-state index >= 15 is 0 Å². The molecule has 1 saturated heterocycles. The van der Waals surface area contributed by atoms with Gasteiger partial charge in [-0.25, -0.2) is 4.98 Å². The lowest BCUT2D eigenvalue weighted by molar-refractivity contribution is -0.137. The van der Waals surface area contributed by atoms with E-state index in [1.54, 1.807) is 11.3 Å². The van der Waals surface area contributed by atoms with Crippen LogP contribution in [-0.4, -0.2) is 51.8 Å². The van der Waals surface area contributed by atoms with Crippen molar-refractivity contribution in [1.29, 1.82) is 0 Å². The van der Waals surface area contributed by atoms with Crippen LogP contribution in [0.2, 0.25) is 0 Å². The summed E-state index contributed by atoms with van der Waals surface area (Å²) in [5.74, 6) is 1.22. The topological polar surface area (TPSA) is 53.5 Å². The van der Waals surface area contributed by atoms with Gasteiger partial charge in [0.25, 0.3) is 5.91 Å². The summed E-state index contributed by atoms with van der Waals surface area (Å²) in [6.07, 6.45) is 16.3. The fourth-order valence-corrected chi connectivity index (χ4v) is 6.97. The highest BCUT2D eigenvalue weighted by Crippen LogP contribution is 2.36. The number of carbonyl (C=O) groups excluding carboxylic acids is 2. The molecule has 0 atom stereocenters. The number of amides is 2. The quantitative estimate of drug-likeness (QED) is 0.615. The minimum absolute atomic E-state index is 0.168. The van der Waals surface area contributed by atoms with Crippen molar-refractivity contribution in [3.8, 4) is 0 Å². The Morgan fingerprint density at radius 1 is 0.839 bits per heavy atom. The molecule has 170 valence electrons. The molecule has 0 bridgehead atoms. The number of thiazole rings is 1. The van der Waals surface area contributed by atoms with E-state index in [0.717, 1.165) is 69.5 Å². The summed E-state index contributed by atoms with van der Waals surface area (Å²) in [5.41, 5.74) is 0.665. The van der Waals surface area contributed by atoms with Crippen molar-refractivity contribution in [3.63, 3.8) is 0 Å². The second kappa shape index (κ2) is 9.60. The molecule has 1 aromatic rings. The van der Waals surface area contributed by atoms with Gasteiger partial charge in [-0.1, -0.05) is 38.5 Å². The molecule has 3 saturated carbocycles. The van der Waals surface area contributed by atoms with Crippen LogP contribution in [0.25, 0.3) is 0 Å². The summed E-state index contributed by atoms with van der Waals surface area (Å²) in [5, 5.41) is 3.10. The van der Waals surface area contributed by atoms with E-state index in [2.05, 4.69) is 9.80 Å². The largest absolute Gasteiger partial charge is 0.342 e. The number of aromatic nitrogens is 1. The molecule has 4 fully saturated rings. The third-order valence-electron chi connectivity index (χ3n) is 7.99. The Hall–Kier alpha value is -1.43. The Kier molecular flexibility index (Phi) is 6.63. The zero-order chi connectivity index (χ0) is 21.2. The summed E-state index contributed by atoms with van der Waals surface area (Å²) < 4.78 is 0. The highest BCUT2D eigenvalue weighted by atomic mass is 32.1. The SMILES string of the molecule is O=C(C1CCCCC1)N1CCC(c2nc(C(=O)N(C3CCCCC3)C3CC3)cs2)CC1. The molecule has 0 spiro atoms. The van der Waals surface area contributed by atoms with E-state index in [-0.39, 0.29) is 11.8 Å². The number of carbonyl (C=O) groups is 2. The molecule has 5 rings (SSSR count). The number of hydrogen-bond acceptors (Lipinski definition) is 4. The van der Waals surface area contributed by atoms with E-state index in [1.165, 1.54) is 38.5 Å². The van der Waals surface area contributed by atoms with Crippen LogP contribution < -0.4 is 0 Å². The first kappa shape index (κ1) is 21.4. The average Bonchev–Trinajstić information content (AvgIpc) is 3.54. The minimum atomic E-state index is 0.168. The van der Waals surface area contributed by atoms with Gasteiger partial charge in [-0.05, 0) is 51.4 Å². The first-order chi connectivity index (χ1) is 15.2. The van der Waals surface area contributed by atoms with Gasteiger partial charge in [0.05, 0.1) is 5.01 Å². The Morgan fingerprint density at radius 3 is 2.10 bits per heavy atom. The lowest BCUT2D eigenvalue weighted by Gasteiger charge is -2.35. The van der Waals surface area contributed by atoms with E-state index in [4.69, 9.17) is 4.98 Å². The highest BCUT2D eigenvalue weighted by Gasteiger charge is 2.39. The molecule has 4 aliphatic rings. The van der Waals surface area contributed by atoms with Crippen molar-refractivity contribution in [2.45, 2.75) is 108 Å². The maximum atomic E-state index is 13.4. The molecule has 0 N–H and O–H groups in total. The van der Waals surface area contributed by atoms with E-state index in [1.807, 2.05) is 5.38 Å². The fourth-order valence-electron chi connectivity index (χ4n) is 6.00. The summed E-state index contributed by atoms with van der Waals surface area (Å²) >= 11 is 1.66. The van der Waals surface area contributed by atoms with Crippen LogP contribution in [0, 0.1) is 5.92 Å². The van der Waals surface area contributed by atoms with Crippen LogP contribution in [-0.2, 0) is 4.79 Å². The van der Waals surface area contributed by atoms with Gasteiger partial charge in [0.15, 0.2) is 0 Å². The highest BCUT2D eigenvalue weighted by molar-refractivity contribution is 7.09. The molecule has 0 unspecified atom stereocenters. The minimum Gasteiger partial charge on any atom is -0.342 e. The van der Waals surface area contributed by atoms with Crippen molar-refractivity contribution >= 4 is 23.2 Å². The van der Waals surface area contributed by atoms with Gasteiger partial charge in [-0.2, -0.15) is 0 Å². The van der Waals surface area contributed by atoms with Crippen LogP contribution in [0.3, 0.4) is 0 Å². The standard InChI is InChI=1S/C25H37N3O2S/c29-24(19-7-3-1-4-8-19)27-15-13-18(14-16-27)23-26-22(17-31-23)25(30)28(21-11-12-21)20-9-5-2-6-10-20/h17-21H,1-16H2. The molecule has 3 aliphatic carbocycles. The van der Waals surface area contributed by atoms with E-state index in [0.29, 0.717) is 29.6 Å². The molecule has 2 amide bonds. The van der Waals surface area contributed by atoms with E-state index in [9.17, 15) is 9.59 Å². The van der Waals surface area contributed by atoms with Gasteiger partial charge >= 0.3 is 0 Å². The van der Waals surface area contributed by atoms with Gasteiger partial charge in [0, 0.05) is 42.4 Å². The molecule has 5 nitrogen and oxygen atoms in total. The Bertz CT molecular complexity index is 769. The Labute approximate surface area is 190 Å². The monoisotopic (exact) mass is 443 g/mol. The summed E-state index contributed by atoms with van der Waals surface area (Å²) in [6.45, 7) is 1.69. The van der Waals surface area contributed by atoms with Crippen molar-refractivity contribution in [3.05, 3.63) is 16.1 Å². The summed E-state index contributed by atoms with van der Waals surface area (Å²) in [6, 6.07) is 0.878. The van der Waals surface area contributed by atoms with Crippen LogP contribution >= 0.6 is 11.3 Å². The van der Waals surface area contributed by atoms with E-state index < -0.39 is 0 Å². The smallest absolute Gasteiger partial charge is 0.273 e. The average molecular weight is 444 g/mol. The second-order valence-electron chi connectivity index (χ2n) is 10.2. The molecule has 2 heterocycles. The second-order valence-corrected chi connectivity index (χ2v) is 11.1. The normalized spacial score (nSPS) is 24.3. The lowest BCUT2D eigenvalue weighted by Crippen LogP contribution is -2.43.